The number of hydrogen-bond acceptors (Lipinski definition) is 6. The van der Waals surface area contributed by atoms with Crippen LogP contribution >= 0.6 is 11.3 Å². The van der Waals surface area contributed by atoms with Crippen molar-refractivity contribution >= 4 is 17.2 Å². The molecule has 0 aliphatic carbocycles. The molecule has 0 aliphatic rings. The molecule has 7 heteroatoms. The van der Waals surface area contributed by atoms with E-state index in [0.717, 1.165) is 10.4 Å². The molecule has 4 rings (SSSR count). The molecule has 28 heavy (non-hydrogen) atoms. The molecule has 0 spiro atoms. The second-order valence-corrected chi connectivity index (χ2v) is 6.92. The van der Waals surface area contributed by atoms with Crippen LogP contribution in [0.4, 0.5) is 0 Å². The van der Waals surface area contributed by atoms with Crippen molar-refractivity contribution in [1.82, 2.24) is 15.5 Å². The number of carbonyl (C=O) groups is 1. The molecule has 140 valence electrons. The fraction of sp³-hybridized carbons (Fsp3) is 0.0952. The number of nitrogens with zero attached hydrogens (tertiary/aromatic N) is 2. The van der Waals surface area contributed by atoms with E-state index in [4.69, 9.17) is 9.26 Å². The van der Waals surface area contributed by atoms with E-state index in [1.165, 1.54) is 0 Å². The zero-order valence-electron chi connectivity index (χ0n) is 14.9. The Labute approximate surface area is 165 Å². The molecule has 0 saturated carbocycles. The average Bonchev–Trinajstić information content (AvgIpc) is 3.43. The maximum Gasteiger partial charge on any atom is 0.264 e. The summed E-state index contributed by atoms with van der Waals surface area (Å²) in [6.07, 6.45) is 0. The Morgan fingerprint density at radius 1 is 1.07 bits per heavy atom. The number of rotatable bonds is 7. The highest BCUT2D eigenvalue weighted by Crippen LogP contribution is 2.22. The van der Waals surface area contributed by atoms with Crippen molar-refractivity contribution in [3.8, 4) is 16.5 Å². The minimum atomic E-state index is -0.160. The highest BCUT2D eigenvalue weighted by atomic mass is 32.1. The third kappa shape index (κ3) is 4.44. The molecule has 0 unspecified atom stereocenters. The quantitative estimate of drug-likeness (QED) is 0.508. The topological polar surface area (TPSA) is 77.2 Å². The standard InChI is InChI=1S/C21H17N3O3S/c25-21(22-13-15-6-2-1-3-7-15)16-8-4-9-17(12-16)26-14-19-23-20(24-27-19)18-10-5-11-28-18/h1-12H,13-14H2,(H,22,25). The largest absolute Gasteiger partial charge is 0.484 e. The smallest absolute Gasteiger partial charge is 0.264 e. The predicted octanol–water partition coefficient (Wildman–Crippen LogP) is 4.31. The Morgan fingerprint density at radius 2 is 1.96 bits per heavy atom. The minimum absolute atomic E-state index is 0.132. The van der Waals surface area contributed by atoms with Crippen molar-refractivity contribution in [3.63, 3.8) is 0 Å². The maximum absolute atomic E-state index is 12.4. The van der Waals surface area contributed by atoms with Gasteiger partial charge in [0, 0.05) is 12.1 Å². The first-order valence-corrected chi connectivity index (χ1v) is 9.57. The summed E-state index contributed by atoms with van der Waals surface area (Å²) in [4.78, 5) is 17.6. The van der Waals surface area contributed by atoms with Gasteiger partial charge in [0.1, 0.15) is 5.75 Å². The molecule has 6 nitrogen and oxygen atoms in total. The summed E-state index contributed by atoms with van der Waals surface area (Å²) in [6, 6.07) is 20.6. The Morgan fingerprint density at radius 3 is 2.79 bits per heavy atom. The molecule has 2 aromatic carbocycles. The number of nitrogens with one attached hydrogen (secondary N) is 1. The van der Waals surface area contributed by atoms with Gasteiger partial charge in [-0.15, -0.1) is 11.3 Å². The summed E-state index contributed by atoms with van der Waals surface area (Å²) in [6.45, 7) is 0.603. The zero-order valence-corrected chi connectivity index (χ0v) is 15.7. The van der Waals surface area contributed by atoms with E-state index >= 15 is 0 Å². The van der Waals surface area contributed by atoms with E-state index in [9.17, 15) is 4.79 Å². The van der Waals surface area contributed by atoms with Crippen LogP contribution in [0.3, 0.4) is 0 Å². The van der Waals surface area contributed by atoms with Crippen molar-refractivity contribution in [2.75, 3.05) is 0 Å². The highest BCUT2D eigenvalue weighted by Gasteiger charge is 2.11. The van der Waals surface area contributed by atoms with Crippen LogP contribution in [0, 0.1) is 0 Å². The van der Waals surface area contributed by atoms with Crippen LogP contribution in [0.5, 0.6) is 5.75 Å². The van der Waals surface area contributed by atoms with E-state index in [-0.39, 0.29) is 12.5 Å². The molecule has 2 heterocycles. The number of ether oxygens (including phenoxy) is 1. The third-order valence-corrected chi connectivity index (χ3v) is 4.83. The Bertz CT molecular complexity index is 1050. The summed E-state index contributed by atoms with van der Waals surface area (Å²) < 4.78 is 10.9. The number of benzene rings is 2. The zero-order chi connectivity index (χ0) is 19.2. The Balaban J connectivity index is 1.35. The van der Waals surface area contributed by atoms with Crippen molar-refractivity contribution in [1.29, 1.82) is 0 Å². The third-order valence-electron chi connectivity index (χ3n) is 3.96. The van der Waals surface area contributed by atoms with Gasteiger partial charge in [-0.25, -0.2) is 0 Å². The van der Waals surface area contributed by atoms with E-state index in [2.05, 4.69) is 15.5 Å². The molecule has 0 bridgehead atoms. The van der Waals surface area contributed by atoms with Crippen LogP contribution in [0.15, 0.2) is 76.6 Å². The molecule has 0 aliphatic heterocycles. The molecular formula is C21H17N3O3S. The summed E-state index contributed by atoms with van der Waals surface area (Å²) in [5.74, 6) is 1.32. The molecular weight excluding hydrogens is 374 g/mol. The van der Waals surface area contributed by atoms with Gasteiger partial charge in [-0.3, -0.25) is 4.79 Å². The lowest BCUT2D eigenvalue weighted by Crippen LogP contribution is -2.22. The van der Waals surface area contributed by atoms with Crippen molar-refractivity contribution in [2.45, 2.75) is 13.2 Å². The molecule has 4 aromatic rings. The number of thiophene rings is 1. The number of aromatic nitrogens is 2. The van der Waals surface area contributed by atoms with Crippen LogP contribution in [0.1, 0.15) is 21.8 Å². The van der Waals surface area contributed by atoms with Gasteiger partial charge >= 0.3 is 0 Å². The minimum Gasteiger partial charge on any atom is -0.484 e. The molecule has 0 atom stereocenters. The number of carbonyl (C=O) groups excluding carboxylic acids is 1. The fourth-order valence-corrected chi connectivity index (χ4v) is 3.22. The maximum atomic E-state index is 12.4. The van der Waals surface area contributed by atoms with E-state index in [1.807, 2.05) is 47.8 Å². The summed E-state index contributed by atoms with van der Waals surface area (Å²) >= 11 is 1.54. The summed E-state index contributed by atoms with van der Waals surface area (Å²) in [7, 11) is 0. The number of hydrogen-bond donors (Lipinski definition) is 1. The van der Waals surface area contributed by atoms with E-state index in [1.54, 1.807) is 35.6 Å². The lowest BCUT2D eigenvalue weighted by Gasteiger charge is -2.08. The molecule has 1 N–H and O–H groups in total. The number of amides is 1. The predicted molar refractivity (Wildman–Crippen MR) is 106 cm³/mol. The monoisotopic (exact) mass is 391 g/mol. The first kappa shape index (κ1) is 17.9. The molecule has 0 saturated heterocycles. The van der Waals surface area contributed by atoms with Gasteiger partial charge in [-0.05, 0) is 35.2 Å². The highest BCUT2D eigenvalue weighted by molar-refractivity contribution is 7.13. The molecule has 0 radical (unpaired) electrons. The van der Waals surface area contributed by atoms with Gasteiger partial charge in [0.15, 0.2) is 6.61 Å². The molecule has 1 amide bonds. The molecule has 0 fully saturated rings. The second kappa shape index (κ2) is 8.49. The second-order valence-electron chi connectivity index (χ2n) is 5.97. The fourth-order valence-electron chi connectivity index (χ4n) is 2.57. The van der Waals surface area contributed by atoms with Gasteiger partial charge in [0.25, 0.3) is 11.8 Å². The van der Waals surface area contributed by atoms with Crippen molar-refractivity contribution < 1.29 is 14.1 Å². The van der Waals surface area contributed by atoms with Crippen molar-refractivity contribution in [3.05, 3.63) is 89.1 Å². The van der Waals surface area contributed by atoms with Gasteiger partial charge in [0.2, 0.25) is 5.82 Å². The van der Waals surface area contributed by atoms with Gasteiger partial charge < -0.3 is 14.6 Å². The van der Waals surface area contributed by atoms with E-state index < -0.39 is 0 Å². The first-order valence-electron chi connectivity index (χ1n) is 8.69. The Hall–Kier alpha value is -3.45. The van der Waals surface area contributed by atoms with Crippen molar-refractivity contribution in [2.24, 2.45) is 0 Å². The van der Waals surface area contributed by atoms with Crippen LogP contribution < -0.4 is 10.1 Å². The van der Waals surface area contributed by atoms with Gasteiger partial charge in [0.05, 0.1) is 4.88 Å². The van der Waals surface area contributed by atoms with Crippen LogP contribution in [-0.2, 0) is 13.2 Å². The summed E-state index contributed by atoms with van der Waals surface area (Å²) in [5.41, 5.74) is 1.57. The Kier molecular flexibility index (Phi) is 5.44. The first-order chi connectivity index (χ1) is 13.8. The van der Waals surface area contributed by atoms with Crippen LogP contribution in [-0.4, -0.2) is 16.0 Å². The average molecular weight is 391 g/mol. The van der Waals surface area contributed by atoms with E-state index in [0.29, 0.717) is 29.6 Å². The lowest BCUT2D eigenvalue weighted by atomic mass is 10.2. The normalized spacial score (nSPS) is 10.6. The van der Waals surface area contributed by atoms with Crippen LogP contribution in [0.25, 0.3) is 10.7 Å². The molecule has 2 aromatic heterocycles. The van der Waals surface area contributed by atoms with Gasteiger partial charge in [-0.1, -0.05) is 47.6 Å². The van der Waals surface area contributed by atoms with Gasteiger partial charge in [-0.2, -0.15) is 4.98 Å². The summed E-state index contributed by atoms with van der Waals surface area (Å²) in [5, 5.41) is 8.81. The van der Waals surface area contributed by atoms with Crippen LogP contribution in [0.2, 0.25) is 0 Å². The SMILES string of the molecule is O=C(NCc1ccccc1)c1cccc(OCc2nc(-c3cccs3)no2)c1. The lowest BCUT2D eigenvalue weighted by molar-refractivity contribution is 0.0950.